The minimum absolute atomic E-state index is 0.00405. The van der Waals surface area contributed by atoms with Crippen molar-refractivity contribution in [2.24, 2.45) is 17.8 Å². The summed E-state index contributed by atoms with van der Waals surface area (Å²) in [6.07, 6.45) is 5.56. The van der Waals surface area contributed by atoms with Gasteiger partial charge < -0.3 is 19.6 Å². The van der Waals surface area contributed by atoms with Crippen molar-refractivity contribution >= 4 is 29.5 Å². The first-order valence-corrected chi connectivity index (χ1v) is 14.1. The van der Waals surface area contributed by atoms with Crippen molar-refractivity contribution in [3.05, 3.63) is 12.7 Å². The van der Waals surface area contributed by atoms with Gasteiger partial charge in [-0.3, -0.25) is 14.4 Å². The maximum Gasteiger partial charge on any atom is 0.311 e. The monoisotopic (exact) mass is 508 g/mol. The average Bonchev–Trinajstić information content (AvgIpc) is 3.36. The number of aliphatic hydroxyl groups is 1. The normalized spacial score (nSPS) is 33.1. The lowest BCUT2D eigenvalue weighted by atomic mass is 9.66. The predicted octanol–water partition coefficient (Wildman–Crippen LogP) is 3.64. The van der Waals surface area contributed by atoms with Gasteiger partial charge in [-0.1, -0.05) is 33.3 Å². The maximum atomic E-state index is 14.4. The number of ether oxygens (including phenoxy) is 1. The second-order valence-electron chi connectivity index (χ2n) is 11.1. The van der Waals surface area contributed by atoms with Crippen molar-refractivity contribution in [2.45, 2.75) is 101 Å². The van der Waals surface area contributed by atoms with Crippen LogP contribution < -0.4 is 0 Å². The molecule has 198 valence electrons. The molecule has 2 bridgehead atoms. The number of amides is 2. The quantitative estimate of drug-likeness (QED) is 0.320. The zero-order valence-corrected chi connectivity index (χ0v) is 23.1. The van der Waals surface area contributed by atoms with E-state index in [0.29, 0.717) is 19.4 Å². The fourth-order valence-corrected chi connectivity index (χ4v) is 9.13. The topological polar surface area (TPSA) is 87.2 Å². The molecule has 2 amide bonds. The van der Waals surface area contributed by atoms with E-state index in [2.05, 4.69) is 27.4 Å². The zero-order chi connectivity index (χ0) is 26.1. The molecule has 0 aliphatic carbocycles. The lowest BCUT2D eigenvalue weighted by Crippen LogP contribution is -2.59. The molecule has 3 rings (SSSR count). The number of esters is 1. The molecular formula is C27H44N2O5S. The van der Waals surface area contributed by atoms with Crippen molar-refractivity contribution in [3.8, 4) is 0 Å². The van der Waals surface area contributed by atoms with Gasteiger partial charge in [-0.15, -0.1) is 18.3 Å². The summed E-state index contributed by atoms with van der Waals surface area (Å²) in [6, 6.07) is -1.20. The van der Waals surface area contributed by atoms with Gasteiger partial charge in [-0.2, -0.15) is 0 Å². The Bertz CT molecular complexity index is 834. The van der Waals surface area contributed by atoms with Crippen molar-refractivity contribution in [3.63, 3.8) is 0 Å². The van der Waals surface area contributed by atoms with E-state index in [1.165, 1.54) is 0 Å². The standard InChI is InChI=1S/C27H44N2O5S/c1-8-11-18(6)28(14-9-2)24(32)22-27-13-12-26(7,35-27)21(25(33)34-10-3)20(27)23(31)29(22)19(16-30)15-17(4)5/h9,17-22,30H,2,8,10-16H2,1,3-7H3/t18?,19-,20+,21-,22?,26+,27?/m1/s1. The van der Waals surface area contributed by atoms with Gasteiger partial charge in [0.05, 0.1) is 35.8 Å². The Morgan fingerprint density at radius 3 is 2.54 bits per heavy atom. The number of carbonyl (C=O) groups is 3. The summed E-state index contributed by atoms with van der Waals surface area (Å²) in [5, 5.41) is 10.4. The third-order valence-corrected chi connectivity index (χ3v) is 10.2. The highest BCUT2D eigenvalue weighted by Crippen LogP contribution is 2.71. The molecule has 7 atom stereocenters. The molecule has 3 fully saturated rings. The first-order valence-electron chi connectivity index (χ1n) is 13.2. The Morgan fingerprint density at radius 1 is 1.31 bits per heavy atom. The summed E-state index contributed by atoms with van der Waals surface area (Å²) in [7, 11) is 0. The van der Waals surface area contributed by atoms with Gasteiger partial charge in [0.1, 0.15) is 6.04 Å². The van der Waals surface area contributed by atoms with Gasteiger partial charge in [0.2, 0.25) is 11.8 Å². The number of aliphatic hydroxyl groups excluding tert-OH is 1. The van der Waals surface area contributed by atoms with Crippen LogP contribution in [0.15, 0.2) is 12.7 Å². The van der Waals surface area contributed by atoms with Crippen LogP contribution in [0.4, 0.5) is 0 Å². The van der Waals surface area contributed by atoms with Crippen LogP contribution in [0, 0.1) is 17.8 Å². The van der Waals surface area contributed by atoms with Crippen molar-refractivity contribution < 1.29 is 24.2 Å². The number of fused-ring (bicyclic) bond motifs is 1. The molecular weight excluding hydrogens is 464 g/mol. The number of hydrogen-bond donors (Lipinski definition) is 1. The molecule has 0 aromatic heterocycles. The molecule has 3 aliphatic rings. The predicted molar refractivity (Wildman–Crippen MR) is 139 cm³/mol. The Kier molecular flexibility index (Phi) is 8.68. The molecule has 3 saturated heterocycles. The molecule has 0 aromatic rings. The Labute approximate surface area is 215 Å². The zero-order valence-electron chi connectivity index (χ0n) is 22.3. The number of nitrogens with zero attached hydrogens (tertiary/aromatic N) is 2. The second-order valence-corrected chi connectivity index (χ2v) is 13.0. The van der Waals surface area contributed by atoms with Crippen LogP contribution in [-0.4, -0.2) is 80.1 Å². The van der Waals surface area contributed by atoms with Crippen molar-refractivity contribution in [1.82, 2.24) is 9.80 Å². The van der Waals surface area contributed by atoms with E-state index in [1.807, 2.05) is 18.7 Å². The number of hydrogen-bond acceptors (Lipinski definition) is 6. The van der Waals surface area contributed by atoms with E-state index < -0.39 is 33.4 Å². The Hall–Kier alpha value is -1.54. The van der Waals surface area contributed by atoms with E-state index >= 15 is 0 Å². The highest BCUT2D eigenvalue weighted by molar-refractivity contribution is 8.02. The van der Waals surface area contributed by atoms with Crippen LogP contribution in [0.1, 0.15) is 73.6 Å². The number of carbonyl (C=O) groups excluding carboxylic acids is 3. The molecule has 0 radical (unpaired) electrons. The average molecular weight is 509 g/mol. The molecule has 1 N–H and O–H groups in total. The summed E-state index contributed by atoms with van der Waals surface area (Å²) in [4.78, 5) is 45.3. The van der Waals surface area contributed by atoms with Gasteiger partial charge in [0.15, 0.2) is 0 Å². The van der Waals surface area contributed by atoms with Gasteiger partial charge >= 0.3 is 5.97 Å². The number of thioether (sulfide) groups is 1. The van der Waals surface area contributed by atoms with E-state index in [1.54, 1.807) is 29.7 Å². The molecule has 35 heavy (non-hydrogen) atoms. The fraction of sp³-hybridized carbons (Fsp3) is 0.815. The van der Waals surface area contributed by atoms with E-state index in [9.17, 15) is 19.5 Å². The summed E-state index contributed by atoms with van der Waals surface area (Å²) in [6.45, 7) is 16.4. The van der Waals surface area contributed by atoms with E-state index in [0.717, 1.165) is 19.3 Å². The number of rotatable bonds is 12. The lowest BCUT2D eigenvalue weighted by Gasteiger charge is -2.41. The third-order valence-electron chi connectivity index (χ3n) is 8.18. The van der Waals surface area contributed by atoms with Gasteiger partial charge in [0.25, 0.3) is 0 Å². The van der Waals surface area contributed by atoms with Crippen molar-refractivity contribution in [2.75, 3.05) is 19.8 Å². The van der Waals surface area contributed by atoms with Gasteiger partial charge in [-0.25, -0.2) is 0 Å². The lowest BCUT2D eigenvalue weighted by molar-refractivity contribution is -0.155. The summed E-state index contributed by atoms with van der Waals surface area (Å²) >= 11 is 1.65. The SMILES string of the molecule is C=CCN(C(=O)C1N([C@@H](CO)CC(C)C)C(=O)[C@@H]2[C@H](C(=O)OCC)[C@]3(C)CCC12S3)C(C)CCC. The smallest absolute Gasteiger partial charge is 0.311 e. The summed E-state index contributed by atoms with van der Waals surface area (Å²) < 4.78 is 4.31. The summed E-state index contributed by atoms with van der Waals surface area (Å²) in [5.41, 5.74) is 0. The summed E-state index contributed by atoms with van der Waals surface area (Å²) in [5.74, 6) is -1.59. The Morgan fingerprint density at radius 2 is 2.00 bits per heavy atom. The van der Waals surface area contributed by atoms with Crippen LogP contribution in [0.3, 0.4) is 0 Å². The minimum atomic E-state index is -0.721. The van der Waals surface area contributed by atoms with Crippen molar-refractivity contribution in [1.29, 1.82) is 0 Å². The third kappa shape index (κ3) is 4.65. The largest absolute Gasteiger partial charge is 0.466 e. The van der Waals surface area contributed by atoms with E-state index in [-0.39, 0.29) is 43.0 Å². The Balaban J connectivity index is 2.14. The number of likely N-dealkylation sites (tertiary alicyclic amines) is 1. The van der Waals surface area contributed by atoms with Gasteiger partial charge in [0, 0.05) is 17.3 Å². The van der Waals surface area contributed by atoms with Crippen LogP contribution in [0.5, 0.6) is 0 Å². The van der Waals surface area contributed by atoms with Crippen LogP contribution in [0.25, 0.3) is 0 Å². The molecule has 3 heterocycles. The molecule has 3 unspecified atom stereocenters. The molecule has 1 spiro atoms. The molecule has 8 heteroatoms. The molecule has 7 nitrogen and oxygen atoms in total. The van der Waals surface area contributed by atoms with Crippen LogP contribution in [0.2, 0.25) is 0 Å². The van der Waals surface area contributed by atoms with Gasteiger partial charge in [-0.05, 0) is 52.4 Å². The molecule has 3 aliphatic heterocycles. The first-order chi connectivity index (χ1) is 16.5. The first kappa shape index (κ1) is 28.0. The highest BCUT2D eigenvalue weighted by atomic mass is 32.2. The fourth-order valence-electron chi connectivity index (χ4n) is 6.80. The second kappa shape index (κ2) is 10.8. The molecule has 0 saturated carbocycles. The van der Waals surface area contributed by atoms with Crippen LogP contribution >= 0.6 is 11.8 Å². The minimum Gasteiger partial charge on any atom is -0.466 e. The highest BCUT2D eigenvalue weighted by Gasteiger charge is 2.78. The molecule has 0 aromatic carbocycles. The maximum absolute atomic E-state index is 14.4. The van der Waals surface area contributed by atoms with E-state index in [4.69, 9.17) is 4.74 Å². The van der Waals surface area contributed by atoms with Crippen LogP contribution in [-0.2, 0) is 19.1 Å².